The topological polar surface area (TPSA) is 8.17 Å². The molecule has 9 aromatic carbocycles. The number of fused-ring (bicyclic) bond motifs is 14. The van der Waals surface area contributed by atoms with Crippen LogP contribution in [0.15, 0.2) is 206 Å². The standard InChI is InChI=1S/C53H34N2/c1-3-15-37(16-4-1)54(40-29-30-52-46(34-40)44-22-10-14-26-51(44)55(52)38-17-5-2-6-18-38)39-28-27-35-33-50-45(32-36(35)31-39)43-21-9-13-25-49(43)53(50)47-23-11-7-19-41(47)42-20-8-12-24-48(42)53/h1-34H. The van der Waals surface area contributed by atoms with Crippen LogP contribution in [0.2, 0.25) is 0 Å². The van der Waals surface area contributed by atoms with Crippen molar-refractivity contribution in [1.29, 1.82) is 0 Å². The van der Waals surface area contributed by atoms with Crippen LogP contribution >= 0.6 is 0 Å². The van der Waals surface area contributed by atoms with Crippen LogP contribution in [0.4, 0.5) is 17.1 Å². The van der Waals surface area contributed by atoms with Crippen LogP contribution in [0, 0.1) is 0 Å². The molecule has 0 N–H and O–H groups in total. The summed E-state index contributed by atoms with van der Waals surface area (Å²) in [6, 6.07) is 76.2. The van der Waals surface area contributed by atoms with Crippen molar-refractivity contribution in [2.75, 3.05) is 4.90 Å². The van der Waals surface area contributed by atoms with Gasteiger partial charge in [0, 0.05) is 33.5 Å². The molecule has 2 nitrogen and oxygen atoms in total. The van der Waals surface area contributed by atoms with Gasteiger partial charge in [-0.15, -0.1) is 0 Å². The summed E-state index contributed by atoms with van der Waals surface area (Å²) in [5.41, 5.74) is 17.4. The van der Waals surface area contributed by atoms with Crippen LogP contribution < -0.4 is 4.90 Å². The van der Waals surface area contributed by atoms with Gasteiger partial charge in [-0.1, -0.05) is 133 Å². The lowest BCUT2D eigenvalue weighted by molar-refractivity contribution is 0.795. The SMILES string of the molecule is c1ccc(N(c2ccc3cc4c(cc3c2)-c2ccccc2C42c3ccccc3-c3ccccc32)c2ccc3c(c2)c2ccccc2n3-c2ccccc2)cc1. The largest absolute Gasteiger partial charge is 0.310 e. The molecule has 0 fully saturated rings. The molecule has 1 heterocycles. The van der Waals surface area contributed by atoms with Gasteiger partial charge in [0.1, 0.15) is 0 Å². The van der Waals surface area contributed by atoms with Crippen molar-refractivity contribution >= 4 is 49.6 Å². The highest BCUT2D eigenvalue weighted by atomic mass is 15.1. The maximum Gasteiger partial charge on any atom is 0.0725 e. The molecule has 256 valence electrons. The Kier molecular flexibility index (Phi) is 6.29. The van der Waals surface area contributed by atoms with Crippen molar-refractivity contribution < 1.29 is 0 Å². The molecule has 0 bridgehead atoms. The Labute approximate surface area is 319 Å². The fourth-order valence-corrected chi connectivity index (χ4v) is 9.94. The predicted molar refractivity (Wildman–Crippen MR) is 229 cm³/mol. The smallest absolute Gasteiger partial charge is 0.0725 e. The van der Waals surface area contributed by atoms with Crippen molar-refractivity contribution in [2.24, 2.45) is 0 Å². The van der Waals surface area contributed by atoms with E-state index < -0.39 is 0 Å². The highest BCUT2D eigenvalue weighted by Crippen LogP contribution is 2.63. The van der Waals surface area contributed by atoms with Gasteiger partial charge in [0.2, 0.25) is 0 Å². The molecule has 0 radical (unpaired) electrons. The number of aromatic nitrogens is 1. The molecule has 0 saturated carbocycles. The van der Waals surface area contributed by atoms with E-state index in [-0.39, 0.29) is 5.41 Å². The fraction of sp³-hybridized carbons (Fsp3) is 0.0189. The van der Waals surface area contributed by atoms with Crippen LogP contribution in [-0.2, 0) is 5.41 Å². The predicted octanol–water partition coefficient (Wildman–Crippen LogP) is 13.8. The average Bonchev–Trinajstić information content (AvgIpc) is 3.85. The van der Waals surface area contributed by atoms with E-state index >= 15 is 0 Å². The summed E-state index contributed by atoms with van der Waals surface area (Å²) < 4.78 is 2.38. The molecular weight excluding hydrogens is 665 g/mol. The Morgan fingerprint density at radius 1 is 0.327 bits per heavy atom. The van der Waals surface area contributed by atoms with Gasteiger partial charge in [-0.2, -0.15) is 0 Å². The lowest BCUT2D eigenvalue weighted by atomic mass is 9.70. The van der Waals surface area contributed by atoms with Gasteiger partial charge in [-0.05, 0) is 128 Å². The number of rotatable bonds is 4. The first kappa shape index (κ1) is 30.3. The summed E-state index contributed by atoms with van der Waals surface area (Å²) in [5.74, 6) is 0. The zero-order valence-electron chi connectivity index (χ0n) is 30.0. The van der Waals surface area contributed by atoms with Crippen molar-refractivity contribution in [3.63, 3.8) is 0 Å². The number of hydrogen-bond acceptors (Lipinski definition) is 1. The summed E-state index contributed by atoms with van der Waals surface area (Å²) in [5, 5.41) is 4.94. The van der Waals surface area contributed by atoms with E-state index in [2.05, 4.69) is 216 Å². The Balaban J connectivity index is 1.07. The Morgan fingerprint density at radius 2 is 0.873 bits per heavy atom. The molecule has 1 aromatic heterocycles. The van der Waals surface area contributed by atoms with Gasteiger partial charge < -0.3 is 9.47 Å². The fourth-order valence-electron chi connectivity index (χ4n) is 9.94. The van der Waals surface area contributed by atoms with Crippen molar-refractivity contribution in [3.8, 4) is 27.9 Å². The first-order chi connectivity index (χ1) is 27.3. The molecule has 0 atom stereocenters. The van der Waals surface area contributed by atoms with E-state index in [0.29, 0.717) is 0 Å². The van der Waals surface area contributed by atoms with Crippen LogP contribution in [0.3, 0.4) is 0 Å². The van der Waals surface area contributed by atoms with E-state index in [9.17, 15) is 0 Å². The molecule has 0 unspecified atom stereocenters. The van der Waals surface area contributed by atoms with Crippen LogP contribution in [0.25, 0.3) is 60.5 Å². The first-order valence-corrected chi connectivity index (χ1v) is 19.1. The molecule has 2 aliphatic rings. The minimum atomic E-state index is -0.351. The Bertz CT molecular complexity index is 3110. The van der Waals surface area contributed by atoms with Gasteiger partial charge in [0.15, 0.2) is 0 Å². The second kappa shape index (κ2) is 11.4. The monoisotopic (exact) mass is 698 g/mol. The second-order valence-corrected chi connectivity index (χ2v) is 14.9. The number of para-hydroxylation sites is 3. The highest BCUT2D eigenvalue weighted by molar-refractivity contribution is 6.11. The van der Waals surface area contributed by atoms with Gasteiger partial charge in [-0.25, -0.2) is 0 Å². The molecule has 1 spiro atoms. The molecule has 12 rings (SSSR count). The van der Waals surface area contributed by atoms with E-state index in [4.69, 9.17) is 0 Å². The zero-order valence-corrected chi connectivity index (χ0v) is 30.0. The third-order valence-electron chi connectivity index (χ3n) is 12.1. The van der Waals surface area contributed by atoms with Crippen molar-refractivity contribution in [2.45, 2.75) is 5.41 Å². The average molecular weight is 699 g/mol. The zero-order chi connectivity index (χ0) is 36.1. The second-order valence-electron chi connectivity index (χ2n) is 14.9. The molecule has 10 aromatic rings. The number of hydrogen-bond donors (Lipinski definition) is 0. The minimum absolute atomic E-state index is 0.351. The summed E-state index contributed by atoms with van der Waals surface area (Å²) >= 11 is 0. The lowest BCUT2D eigenvalue weighted by Crippen LogP contribution is -2.25. The molecule has 2 heteroatoms. The lowest BCUT2D eigenvalue weighted by Gasteiger charge is -2.30. The number of nitrogens with zero attached hydrogens (tertiary/aromatic N) is 2. The summed E-state index contributed by atoms with van der Waals surface area (Å²) in [7, 11) is 0. The molecular formula is C53H34N2. The minimum Gasteiger partial charge on any atom is -0.310 e. The summed E-state index contributed by atoms with van der Waals surface area (Å²) in [4.78, 5) is 2.40. The molecule has 0 amide bonds. The van der Waals surface area contributed by atoms with Crippen molar-refractivity contribution in [1.82, 2.24) is 4.57 Å². The summed E-state index contributed by atoms with van der Waals surface area (Å²) in [6.07, 6.45) is 0. The molecule has 55 heavy (non-hydrogen) atoms. The molecule has 2 aliphatic carbocycles. The third-order valence-corrected chi connectivity index (χ3v) is 12.1. The molecule has 0 aliphatic heterocycles. The number of anilines is 3. The van der Waals surface area contributed by atoms with Gasteiger partial charge >= 0.3 is 0 Å². The van der Waals surface area contributed by atoms with Crippen LogP contribution in [-0.4, -0.2) is 4.57 Å². The quantitative estimate of drug-likeness (QED) is 0.178. The molecule has 0 saturated heterocycles. The maximum absolute atomic E-state index is 2.48. The summed E-state index contributed by atoms with van der Waals surface area (Å²) in [6.45, 7) is 0. The van der Waals surface area contributed by atoms with E-state index in [0.717, 1.165) is 22.7 Å². The maximum atomic E-state index is 2.48. The van der Waals surface area contributed by atoms with E-state index in [1.165, 1.54) is 77.1 Å². The normalized spacial score (nSPS) is 13.2. The highest BCUT2D eigenvalue weighted by Gasteiger charge is 2.51. The Hall–Kier alpha value is -7.16. The number of benzene rings is 9. The van der Waals surface area contributed by atoms with E-state index in [1.54, 1.807) is 0 Å². The van der Waals surface area contributed by atoms with E-state index in [1.807, 2.05) is 0 Å². The van der Waals surface area contributed by atoms with Gasteiger partial charge in [0.25, 0.3) is 0 Å². The Morgan fingerprint density at radius 3 is 1.58 bits per heavy atom. The van der Waals surface area contributed by atoms with Crippen LogP contribution in [0.1, 0.15) is 22.3 Å². The first-order valence-electron chi connectivity index (χ1n) is 19.1. The van der Waals surface area contributed by atoms with Gasteiger partial charge in [0.05, 0.1) is 16.4 Å². The third kappa shape index (κ3) is 4.14. The van der Waals surface area contributed by atoms with Crippen molar-refractivity contribution in [3.05, 3.63) is 229 Å². The van der Waals surface area contributed by atoms with Gasteiger partial charge in [-0.3, -0.25) is 0 Å². The van der Waals surface area contributed by atoms with Crippen LogP contribution in [0.5, 0.6) is 0 Å².